The maximum absolute atomic E-state index is 13.9. The van der Waals surface area contributed by atoms with E-state index in [1.807, 2.05) is 0 Å². The first-order valence-electron chi connectivity index (χ1n) is 6.47. The fourth-order valence-electron chi connectivity index (χ4n) is 1.91. The Hall–Kier alpha value is -3.22. The number of halogens is 4. The van der Waals surface area contributed by atoms with Crippen molar-refractivity contribution in [2.45, 2.75) is 13.1 Å². The number of nitrogens with zero attached hydrogens (tertiary/aromatic N) is 5. The van der Waals surface area contributed by atoms with Gasteiger partial charge in [0.1, 0.15) is 0 Å². The van der Waals surface area contributed by atoms with Crippen molar-refractivity contribution in [2.75, 3.05) is 0 Å². The van der Waals surface area contributed by atoms with E-state index in [4.69, 9.17) is 10.00 Å². The minimum atomic E-state index is -4.75. The lowest BCUT2D eigenvalue weighted by Gasteiger charge is -2.08. The monoisotopic (exact) mass is 337 g/mol. The molecule has 0 radical (unpaired) electrons. The summed E-state index contributed by atoms with van der Waals surface area (Å²) in [6, 6.07) is 6.50. The lowest BCUT2D eigenvalue weighted by atomic mass is 10.2. The fourth-order valence-corrected chi connectivity index (χ4v) is 1.91. The number of hydrogen-bond acceptors (Lipinski definition) is 5. The second-order valence-corrected chi connectivity index (χ2v) is 4.74. The lowest BCUT2D eigenvalue weighted by Crippen LogP contribution is -2.08. The van der Waals surface area contributed by atoms with Crippen molar-refractivity contribution >= 4 is 5.78 Å². The van der Waals surface area contributed by atoms with Gasteiger partial charge in [-0.1, -0.05) is 0 Å². The molecule has 0 saturated heterocycles. The average molecular weight is 337 g/mol. The van der Waals surface area contributed by atoms with Gasteiger partial charge in [0.2, 0.25) is 5.88 Å². The highest BCUT2D eigenvalue weighted by atomic mass is 19.4. The first-order valence-corrected chi connectivity index (χ1v) is 6.47. The summed E-state index contributed by atoms with van der Waals surface area (Å²) in [7, 11) is 0. The van der Waals surface area contributed by atoms with Crippen LogP contribution in [0.5, 0.6) is 11.6 Å². The van der Waals surface area contributed by atoms with Gasteiger partial charge in [-0.15, -0.1) is 5.10 Å². The zero-order valence-corrected chi connectivity index (χ0v) is 12.0. The highest BCUT2D eigenvalue weighted by Gasteiger charge is 2.37. The third-order valence-electron chi connectivity index (χ3n) is 2.94. The van der Waals surface area contributed by atoms with Gasteiger partial charge in [0, 0.05) is 11.8 Å². The molecule has 0 bridgehead atoms. The van der Waals surface area contributed by atoms with E-state index >= 15 is 0 Å². The van der Waals surface area contributed by atoms with Crippen LogP contribution in [-0.2, 0) is 6.18 Å². The summed E-state index contributed by atoms with van der Waals surface area (Å²) in [5.74, 6) is -3.01. The summed E-state index contributed by atoms with van der Waals surface area (Å²) in [5.41, 5.74) is 0.392. The van der Waals surface area contributed by atoms with Crippen LogP contribution in [0.4, 0.5) is 17.6 Å². The normalized spacial score (nSPS) is 11.5. The molecule has 0 amide bonds. The van der Waals surface area contributed by atoms with Crippen LogP contribution in [0.15, 0.2) is 24.3 Å². The highest BCUT2D eigenvalue weighted by molar-refractivity contribution is 5.40. The molecule has 3 aromatic rings. The van der Waals surface area contributed by atoms with E-state index in [1.54, 1.807) is 6.07 Å². The largest absolute Gasteiger partial charge is 0.453 e. The molecule has 10 heteroatoms. The number of nitriles is 1. The summed E-state index contributed by atoms with van der Waals surface area (Å²) in [6.45, 7) is 1.52. The van der Waals surface area contributed by atoms with Crippen molar-refractivity contribution in [2.24, 2.45) is 0 Å². The Morgan fingerprint density at radius 2 is 1.96 bits per heavy atom. The minimum absolute atomic E-state index is 0.0796. The van der Waals surface area contributed by atoms with Crippen LogP contribution >= 0.6 is 0 Å². The molecule has 1 aromatic carbocycles. The summed E-state index contributed by atoms with van der Waals surface area (Å²) in [6.07, 6.45) is -4.75. The highest BCUT2D eigenvalue weighted by Crippen LogP contribution is 2.29. The molecule has 2 aromatic heterocycles. The quantitative estimate of drug-likeness (QED) is 0.671. The van der Waals surface area contributed by atoms with Crippen molar-refractivity contribution in [3.63, 3.8) is 0 Å². The summed E-state index contributed by atoms with van der Waals surface area (Å²) < 4.78 is 58.1. The number of aryl methyl sites for hydroxylation is 1. The molecular weight excluding hydrogens is 330 g/mol. The van der Waals surface area contributed by atoms with Crippen molar-refractivity contribution in [3.8, 4) is 17.7 Å². The number of fused-ring (bicyclic) bond motifs is 1. The maximum Gasteiger partial charge on any atom is 0.453 e. The Morgan fingerprint density at radius 1 is 1.21 bits per heavy atom. The number of benzene rings is 1. The maximum atomic E-state index is 13.9. The van der Waals surface area contributed by atoms with Crippen LogP contribution in [0.2, 0.25) is 0 Å². The van der Waals surface area contributed by atoms with Gasteiger partial charge in [0.15, 0.2) is 11.6 Å². The van der Waals surface area contributed by atoms with E-state index in [0.29, 0.717) is 5.69 Å². The lowest BCUT2D eigenvalue weighted by molar-refractivity contribution is -0.144. The van der Waals surface area contributed by atoms with Crippen LogP contribution in [-0.4, -0.2) is 19.6 Å². The molecule has 0 unspecified atom stereocenters. The molecule has 0 aliphatic rings. The van der Waals surface area contributed by atoms with Crippen molar-refractivity contribution in [1.82, 2.24) is 19.6 Å². The van der Waals surface area contributed by atoms with Gasteiger partial charge in [-0.2, -0.15) is 27.9 Å². The molecule has 122 valence electrons. The average Bonchev–Trinajstić information content (AvgIpc) is 2.93. The number of ether oxygens (including phenoxy) is 1. The summed E-state index contributed by atoms with van der Waals surface area (Å²) in [4.78, 5) is 7.13. The van der Waals surface area contributed by atoms with Gasteiger partial charge in [-0.3, -0.25) is 0 Å². The van der Waals surface area contributed by atoms with E-state index in [9.17, 15) is 17.6 Å². The van der Waals surface area contributed by atoms with Crippen molar-refractivity contribution < 1.29 is 22.3 Å². The molecule has 0 aliphatic heterocycles. The topological polar surface area (TPSA) is 76.1 Å². The van der Waals surface area contributed by atoms with Gasteiger partial charge < -0.3 is 4.74 Å². The Kier molecular flexibility index (Phi) is 3.56. The molecule has 0 atom stereocenters. The zero-order valence-electron chi connectivity index (χ0n) is 12.0. The van der Waals surface area contributed by atoms with Gasteiger partial charge >= 0.3 is 6.18 Å². The predicted octanol–water partition coefficient (Wildman–Crippen LogP) is 3.25. The number of alkyl halides is 3. The molecule has 0 saturated carbocycles. The first kappa shape index (κ1) is 15.7. The molecule has 24 heavy (non-hydrogen) atoms. The molecule has 0 aliphatic carbocycles. The SMILES string of the molecule is Cc1cc(Oc2ccc(C#N)cc2F)n2nc(C(F)(F)F)nc2n1. The third-order valence-corrected chi connectivity index (χ3v) is 2.94. The number of rotatable bonds is 2. The molecular formula is C14H7F4N5O. The van der Waals surface area contributed by atoms with E-state index in [2.05, 4.69) is 15.1 Å². The standard InChI is InChI=1S/C14H7F4N5O/c1-7-4-11(24-10-3-2-8(6-19)5-9(10)15)23-13(20-7)21-12(22-23)14(16,17)18/h2-5H,1H3. The van der Waals surface area contributed by atoms with Gasteiger partial charge in [-0.25, -0.2) is 9.37 Å². The Balaban J connectivity index is 2.09. The second-order valence-electron chi connectivity index (χ2n) is 4.74. The summed E-state index contributed by atoms with van der Waals surface area (Å²) >= 11 is 0. The molecule has 2 heterocycles. The van der Waals surface area contributed by atoms with Crippen LogP contribution in [0.1, 0.15) is 17.1 Å². The molecule has 0 spiro atoms. The van der Waals surface area contributed by atoms with Crippen molar-refractivity contribution in [1.29, 1.82) is 5.26 Å². The Bertz CT molecular complexity index is 974. The van der Waals surface area contributed by atoms with Gasteiger partial charge in [-0.05, 0) is 25.1 Å². The van der Waals surface area contributed by atoms with Gasteiger partial charge in [0.25, 0.3) is 11.6 Å². The third kappa shape index (κ3) is 2.83. The second kappa shape index (κ2) is 5.45. The number of hydrogen-bond donors (Lipinski definition) is 0. The zero-order chi connectivity index (χ0) is 17.5. The van der Waals surface area contributed by atoms with E-state index < -0.39 is 17.8 Å². The first-order chi connectivity index (χ1) is 11.3. The molecule has 0 fully saturated rings. The van der Waals surface area contributed by atoms with Crippen LogP contribution in [0, 0.1) is 24.1 Å². The fraction of sp³-hybridized carbons (Fsp3) is 0.143. The minimum Gasteiger partial charge on any atom is -0.436 e. The molecule has 0 N–H and O–H groups in total. The molecule has 6 nitrogen and oxygen atoms in total. The van der Waals surface area contributed by atoms with E-state index in [-0.39, 0.29) is 23.0 Å². The predicted molar refractivity (Wildman–Crippen MR) is 71.7 cm³/mol. The van der Waals surface area contributed by atoms with E-state index in [0.717, 1.165) is 10.6 Å². The van der Waals surface area contributed by atoms with E-state index in [1.165, 1.54) is 25.1 Å². The van der Waals surface area contributed by atoms with Crippen molar-refractivity contribution in [3.05, 3.63) is 47.2 Å². The Morgan fingerprint density at radius 3 is 2.58 bits per heavy atom. The smallest absolute Gasteiger partial charge is 0.436 e. The van der Waals surface area contributed by atoms with Crippen LogP contribution in [0.3, 0.4) is 0 Å². The van der Waals surface area contributed by atoms with Crippen LogP contribution in [0.25, 0.3) is 5.78 Å². The Labute approximate surface area is 131 Å². The van der Waals surface area contributed by atoms with Crippen LogP contribution < -0.4 is 4.74 Å². The number of aromatic nitrogens is 4. The summed E-state index contributed by atoms with van der Waals surface area (Å²) in [5, 5.41) is 12.0. The van der Waals surface area contributed by atoms with Gasteiger partial charge in [0.05, 0.1) is 11.6 Å². The molecule has 3 rings (SSSR count).